The first-order chi connectivity index (χ1) is 10.7. The Balaban J connectivity index is 2.07. The van der Waals surface area contributed by atoms with Gasteiger partial charge in [0.2, 0.25) is 0 Å². The van der Waals surface area contributed by atoms with Crippen molar-refractivity contribution in [2.45, 2.75) is 0 Å². The molecule has 0 aliphatic carbocycles. The van der Waals surface area contributed by atoms with Gasteiger partial charge in [-0.1, -0.05) is 23.6 Å². The second-order valence-corrected chi connectivity index (χ2v) is 4.98. The first-order valence-corrected chi connectivity index (χ1v) is 6.91. The van der Waals surface area contributed by atoms with E-state index in [0.717, 1.165) is 22.2 Å². The van der Waals surface area contributed by atoms with Crippen LogP contribution in [0.3, 0.4) is 0 Å². The summed E-state index contributed by atoms with van der Waals surface area (Å²) >= 11 is 6.19. The van der Waals surface area contributed by atoms with Gasteiger partial charge in [0.15, 0.2) is 0 Å². The number of nitrogens with one attached hydrogen (secondary N) is 1. The van der Waals surface area contributed by atoms with Crippen LogP contribution in [0.15, 0.2) is 42.7 Å². The third kappa shape index (κ3) is 2.67. The summed E-state index contributed by atoms with van der Waals surface area (Å²) in [5, 5.41) is 4.55. The molecule has 0 atom stereocenters. The van der Waals surface area contributed by atoms with Crippen molar-refractivity contribution < 1.29 is 4.74 Å². The number of nitrogens with zero attached hydrogens (tertiary/aromatic N) is 2. The fraction of sp³-hybridized carbons (Fsp3) is 0.0588. The summed E-state index contributed by atoms with van der Waals surface area (Å²) < 4.78 is 5.21. The van der Waals surface area contributed by atoms with E-state index in [4.69, 9.17) is 22.8 Å². The zero-order chi connectivity index (χ0) is 15.5. The molecule has 0 aliphatic heterocycles. The number of aromatic nitrogens is 2. The molecule has 22 heavy (non-hydrogen) atoms. The lowest BCUT2D eigenvalue weighted by Crippen LogP contribution is -1.97. The molecule has 1 N–H and O–H groups in total. The van der Waals surface area contributed by atoms with Crippen molar-refractivity contribution in [3.05, 3.63) is 53.3 Å². The quantitative estimate of drug-likeness (QED) is 0.742. The normalized spacial score (nSPS) is 10.2. The van der Waals surface area contributed by atoms with Gasteiger partial charge in [0, 0.05) is 22.7 Å². The predicted molar refractivity (Wildman–Crippen MR) is 88.8 cm³/mol. The summed E-state index contributed by atoms with van der Waals surface area (Å²) in [5.41, 5.74) is 2.39. The highest BCUT2D eigenvalue weighted by molar-refractivity contribution is 6.33. The molecule has 3 rings (SSSR count). The minimum absolute atomic E-state index is 0.505. The second kappa shape index (κ2) is 5.92. The van der Waals surface area contributed by atoms with Crippen molar-refractivity contribution in [2.75, 3.05) is 12.4 Å². The van der Waals surface area contributed by atoms with Gasteiger partial charge >= 0.3 is 0 Å². The Morgan fingerprint density at radius 3 is 2.86 bits per heavy atom. The van der Waals surface area contributed by atoms with E-state index in [2.05, 4.69) is 21.2 Å². The molecule has 1 aromatic heterocycles. The van der Waals surface area contributed by atoms with Crippen molar-refractivity contribution in [1.29, 1.82) is 0 Å². The first-order valence-electron chi connectivity index (χ1n) is 6.53. The van der Waals surface area contributed by atoms with Gasteiger partial charge in [-0.3, -0.25) is 0 Å². The molecule has 0 aliphatic rings. The molecule has 0 saturated carbocycles. The van der Waals surface area contributed by atoms with Gasteiger partial charge in [-0.15, -0.1) is 6.42 Å². The maximum absolute atomic E-state index is 6.19. The van der Waals surface area contributed by atoms with Crippen LogP contribution in [0.25, 0.3) is 10.9 Å². The van der Waals surface area contributed by atoms with E-state index in [0.29, 0.717) is 16.6 Å². The number of halogens is 1. The zero-order valence-corrected chi connectivity index (χ0v) is 12.6. The SMILES string of the molecule is C#Cc1cccc(Nc2ncnc3cc(OC)c(Cl)cc23)c1. The fourth-order valence-corrected chi connectivity index (χ4v) is 2.38. The van der Waals surface area contributed by atoms with Crippen molar-refractivity contribution in [3.8, 4) is 18.1 Å². The molecule has 5 heteroatoms. The molecule has 1 heterocycles. The number of ether oxygens (including phenoxy) is 1. The van der Waals surface area contributed by atoms with Gasteiger partial charge in [0.25, 0.3) is 0 Å². The molecule has 2 aromatic carbocycles. The third-order valence-electron chi connectivity index (χ3n) is 3.20. The summed E-state index contributed by atoms with van der Waals surface area (Å²) in [6, 6.07) is 11.1. The molecule has 3 aromatic rings. The van der Waals surface area contributed by atoms with Crippen molar-refractivity contribution >= 4 is 34.0 Å². The lowest BCUT2D eigenvalue weighted by Gasteiger charge is -2.10. The zero-order valence-electron chi connectivity index (χ0n) is 11.8. The van der Waals surface area contributed by atoms with Crippen molar-refractivity contribution in [2.24, 2.45) is 0 Å². The Hall–Kier alpha value is -2.77. The van der Waals surface area contributed by atoms with Crippen LogP contribution in [0.5, 0.6) is 5.75 Å². The molecule has 0 bridgehead atoms. The third-order valence-corrected chi connectivity index (χ3v) is 3.50. The maximum Gasteiger partial charge on any atom is 0.141 e. The molecule has 0 spiro atoms. The minimum atomic E-state index is 0.505. The number of fused-ring (bicyclic) bond motifs is 1. The summed E-state index contributed by atoms with van der Waals surface area (Å²) in [5.74, 6) is 3.84. The number of rotatable bonds is 3. The highest BCUT2D eigenvalue weighted by Crippen LogP contribution is 2.32. The summed E-state index contributed by atoms with van der Waals surface area (Å²) in [6.07, 6.45) is 6.91. The molecule has 0 saturated heterocycles. The number of hydrogen-bond acceptors (Lipinski definition) is 4. The van der Waals surface area contributed by atoms with Crippen LogP contribution >= 0.6 is 11.6 Å². The van der Waals surface area contributed by atoms with E-state index in [1.807, 2.05) is 24.3 Å². The van der Waals surface area contributed by atoms with Crippen molar-refractivity contribution in [3.63, 3.8) is 0 Å². The molecule has 0 unspecified atom stereocenters. The molecule has 4 nitrogen and oxygen atoms in total. The number of hydrogen-bond donors (Lipinski definition) is 1. The van der Waals surface area contributed by atoms with E-state index in [-0.39, 0.29) is 0 Å². The van der Waals surface area contributed by atoms with Gasteiger partial charge in [-0.2, -0.15) is 0 Å². The van der Waals surface area contributed by atoms with Crippen LogP contribution in [0, 0.1) is 12.3 Å². The topological polar surface area (TPSA) is 47.0 Å². The van der Waals surface area contributed by atoms with Crippen LogP contribution in [-0.2, 0) is 0 Å². The smallest absolute Gasteiger partial charge is 0.141 e. The van der Waals surface area contributed by atoms with E-state index in [9.17, 15) is 0 Å². The predicted octanol–water partition coefficient (Wildman–Crippen LogP) is 4.02. The Morgan fingerprint density at radius 2 is 2.09 bits per heavy atom. The minimum Gasteiger partial charge on any atom is -0.495 e. The maximum atomic E-state index is 6.19. The van der Waals surface area contributed by atoms with Gasteiger partial charge in [-0.05, 0) is 24.3 Å². The largest absolute Gasteiger partial charge is 0.495 e. The summed E-state index contributed by atoms with van der Waals surface area (Å²) in [7, 11) is 1.57. The molecular weight excluding hydrogens is 298 g/mol. The average molecular weight is 310 g/mol. The number of methoxy groups -OCH3 is 1. The first kappa shape index (κ1) is 14.2. The summed E-state index contributed by atoms with van der Waals surface area (Å²) in [6.45, 7) is 0. The Kier molecular flexibility index (Phi) is 3.82. The Labute approximate surface area is 133 Å². The standard InChI is InChI=1S/C17H12ClN3O/c1-3-11-5-4-6-12(7-11)21-17-13-8-14(18)16(22-2)9-15(13)19-10-20-17/h1,4-10H,2H3,(H,19,20,21). The van der Waals surface area contributed by atoms with Crippen LogP contribution < -0.4 is 10.1 Å². The van der Waals surface area contributed by atoms with E-state index in [1.165, 1.54) is 6.33 Å². The lowest BCUT2D eigenvalue weighted by molar-refractivity contribution is 0.415. The van der Waals surface area contributed by atoms with Crippen LogP contribution in [0.1, 0.15) is 5.56 Å². The van der Waals surface area contributed by atoms with Gasteiger partial charge in [-0.25, -0.2) is 9.97 Å². The number of terminal acetylenes is 1. The molecule has 0 amide bonds. The Bertz CT molecular complexity index is 887. The highest BCUT2D eigenvalue weighted by atomic mass is 35.5. The van der Waals surface area contributed by atoms with Crippen LogP contribution in [0.4, 0.5) is 11.5 Å². The molecule has 0 fully saturated rings. The molecular formula is C17H12ClN3O. The summed E-state index contributed by atoms with van der Waals surface area (Å²) in [4.78, 5) is 8.53. The van der Waals surface area contributed by atoms with Crippen LogP contribution in [0.2, 0.25) is 5.02 Å². The van der Waals surface area contributed by atoms with Gasteiger partial charge < -0.3 is 10.1 Å². The number of anilines is 2. The van der Waals surface area contributed by atoms with Crippen molar-refractivity contribution in [1.82, 2.24) is 9.97 Å². The average Bonchev–Trinajstić information content (AvgIpc) is 2.55. The highest BCUT2D eigenvalue weighted by Gasteiger charge is 2.09. The second-order valence-electron chi connectivity index (χ2n) is 4.58. The monoisotopic (exact) mass is 309 g/mol. The van der Waals surface area contributed by atoms with E-state index >= 15 is 0 Å². The number of benzene rings is 2. The van der Waals surface area contributed by atoms with Gasteiger partial charge in [0.05, 0.1) is 17.6 Å². The molecule has 0 radical (unpaired) electrons. The van der Waals surface area contributed by atoms with E-state index in [1.54, 1.807) is 19.2 Å². The Morgan fingerprint density at radius 1 is 1.23 bits per heavy atom. The fourth-order valence-electron chi connectivity index (χ4n) is 2.14. The lowest BCUT2D eigenvalue weighted by atomic mass is 10.2. The van der Waals surface area contributed by atoms with Crippen LogP contribution in [-0.4, -0.2) is 17.1 Å². The van der Waals surface area contributed by atoms with E-state index < -0.39 is 0 Å². The van der Waals surface area contributed by atoms with Gasteiger partial charge in [0.1, 0.15) is 17.9 Å². The molecule has 108 valence electrons.